The van der Waals surface area contributed by atoms with Gasteiger partial charge in [0.2, 0.25) is 5.13 Å². The van der Waals surface area contributed by atoms with Gasteiger partial charge in [0.15, 0.2) is 5.17 Å². The Hall–Kier alpha value is -1.57. The normalized spacial score (nSPS) is 20.4. The maximum Gasteiger partial charge on any atom is 0.309 e. The number of rotatable bonds is 3. The fourth-order valence-electron chi connectivity index (χ4n) is 2.98. The molecule has 4 rings (SSSR count). The molecule has 2 aliphatic heterocycles. The number of carboxylic acids is 1. The first-order chi connectivity index (χ1) is 11.2. The van der Waals surface area contributed by atoms with E-state index in [-0.39, 0.29) is 18.8 Å². The SMILES string of the molecule is Cl.O=C(O)Cc1csc(/N=C2\SC[C@@H]3Cc4ccccc4CN23)n1. The summed E-state index contributed by atoms with van der Waals surface area (Å²) in [6.45, 7) is 0.889. The summed E-state index contributed by atoms with van der Waals surface area (Å²) in [6.07, 6.45) is 1.01. The van der Waals surface area contributed by atoms with Crippen molar-refractivity contribution in [2.24, 2.45) is 4.99 Å². The smallest absolute Gasteiger partial charge is 0.309 e. The number of halogens is 1. The number of nitrogens with zero attached hydrogens (tertiary/aromatic N) is 3. The monoisotopic (exact) mass is 381 g/mol. The molecule has 8 heteroatoms. The van der Waals surface area contributed by atoms with E-state index in [2.05, 4.69) is 39.1 Å². The van der Waals surface area contributed by atoms with Gasteiger partial charge < -0.3 is 10.0 Å². The Morgan fingerprint density at radius 3 is 2.96 bits per heavy atom. The molecule has 1 N–H and O–H groups in total. The molecule has 1 fully saturated rings. The summed E-state index contributed by atoms with van der Waals surface area (Å²) in [5, 5.41) is 12.2. The predicted molar refractivity (Wildman–Crippen MR) is 99.7 cm³/mol. The van der Waals surface area contributed by atoms with Gasteiger partial charge in [0, 0.05) is 23.7 Å². The second-order valence-electron chi connectivity index (χ2n) is 5.65. The zero-order valence-corrected chi connectivity index (χ0v) is 15.2. The van der Waals surface area contributed by atoms with Crippen LogP contribution in [0.25, 0.3) is 0 Å². The molecular formula is C16H16ClN3O2S2. The third kappa shape index (κ3) is 3.43. The van der Waals surface area contributed by atoms with E-state index in [4.69, 9.17) is 5.11 Å². The Kier molecular flexibility index (Phi) is 5.12. The predicted octanol–water partition coefficient (Wildman–Crippen LogP) is 3.35. The van der Waals surface area contributed by atoms with E-state index in [1.54, 1.807) is 17.1 Å². The van der Waals surface area contributed by atoms with Crippen LogP contribution in [0, 0.1) is 0 Å². The number of aliphatic imine (C=N–C) groups is 1. The molecule has 5 nitrogen and oxygen atoms in total. The van der Waals surface area contributed by atoms with Gasteiger partial charge in [-0.3, -0.25) is 4.79 Å². The van der Waals surface area contributed by atoms with Crippen LogP contribution in [0.3, 0.4) is 0 Å². The van der Waals surface area contributed by atoms with Crippen LogP contribution >= 0.6 is 35.5 Å². The van der Waals surface area contributed by atoms with Gasteiger partial charge in [0.05, 0.1) is 12.1 Å². The molecule has 0 amide bonds. The van der Waals surface area contributed by atoms with Crippen molar-refractivity contribution < 1.29 is 9.90 Å². The Balaban J connectivity index is 0.00000169. The highest BCUT2D eigenvalue weighted by atomic mass is 35.5. The van der Waals surface area contributed by atoms with Crippen molar-refractivity contribution >= 4 is 51.8 Å². The summed E-state index contributed by atoms with van der Waals surface area (Å²) in [4.78, 5) is 22.1. The Morgan fingerprint density at radius 1 is 1.38 bits per heavy atom. The first kappa shape index (κ1) is 17.3. The summed E-state index contributed by atoms with van der Waals surface area (Å²) in [6, 6.07) is 9.07. The van der Waals surface area contributed by atoms with Crippen LogP contribution in [-0.2, 0) is 24.2 Å². The second-order valence-corrected chi connectivity index (χ2v) is 7.48. The van der Waals surface area contributed by atoms with Gasteiger partial charge in [-0.1, -0.05) is 36.0 Å². The van der Waals surface area contributed by atoms with Crippen molar-refractivity contribution in [3.8, 4) is 0 Å². The second kappa shape index (κ2) is 7.13. The zero-order valence-electron chi connectivity index (χ0n) is 12.7. The van der Waals surface area contributed by atoms with Crippen molar-refractivity contribution in [2.45, 2.75) is 25.4 Å². The first-order valence-electron chi connectivity index (χ1n) is 7.40. The largest absolute Gasteiger partial charge is 0.481 e. The maximum atomic E-state index is 10.7. The molecule has 0 aliphatic carbocycles. The minimum Gasteiger partial charge on any atom is -0.481 e. The Bertz CT molecular complexity index is 793. The number of hydrogen-bond acceptors (Lipinski definition) is 5. The van der Waals surface area contributed by atoms with Gasteiger partial charge in [0.25, 0.3) is 0 Å². The van der Waals surface area contributed by atoms with Gasteiger partial charge in [-0.15, -0.1) is 23.7 Å². The molecular weight excluding hydrogens is 366 g/mol. The van der Waals surface area contributed by atoms with Crippen LogP contribution < -0.4 is 0 Å². The fraction of sp³-hybridized carbons (Fsp3) is 0.312. The van der Waals surface area contributed by atoms with Crippen LogP contribution in [0.4, 0.5) is 5.13 Å². The molecule has 1 saturated heterocycles. The number of thioether (sulfide) groups is 1. The molecule has 0 bridgehead atoms. The Labute approximate surface area is 154 Å². The summed E-state index contributed by atoms with van der Waals surface area (Å²) >= 11 is 3.16. The average Bonchev–Trinajstić information content (AvgIpc) is 3.12. The number of carboxylic acid groups (broad SMARTS) is 1. The van der Waals surface area contributed by atoms with Crippen molar-refractivity contribution in [2.75, 3.05) is 5.75 Å². The average molecular weight is 382 g/mol. The highest BCUT2D eigenvalue weighted by Gasteiger charge is 2.34. The van der Waals surface area contributed by atoms with Crippen LogP contribution in [0.15, 0.2) is 34.6 Å². The number of aromatic nitrogens is 1. The van der Waals surface area contributed by atoms with E-state index >= 15 is 0 Å². The van der Waals surface area contributed by atoms with Crippen LogP contribution in [0.1, 0.15) is 16.8 Å². The Morgan fingerprint density at radius 2 is 2.17 bits per heavy atom. The number of thiazole rings is 1. The number of benzene rings is 1. The van der Waals surface area contributed by atoms with E-state index < -0.39 is 5.97 Å². The zero-order chi connectivity index (χ0) is 15.8. The lowest BCUT2D eigenvalue weighted by Crippen LogP contribution is -2.38. The molecule has 1 aromatic heterocycles. The molecule has 1 aromatic carbocycles. The lowest BCUT2D eigenvalue weighted by molar-refractivity contribution is -0.136. The van der Waals surface area contributed by atoms with Crippen LogP contribution in [0.2, 0.25) is 0 Å². The van der Waals surface area contributed by atoms with Crippen molar-refractivity contribution in [1.82, 2.24) is 9.88 Å². The number of hydrogen-bond donors (Lipinski definition) is 1. The van der Waals surface area contributed by atoms with Crippen molar-refractivity contribution in [3.05, 3.63) is 46.5 Å². The molecule has 0 saturated carbocycles. The van der Waals surface area contributed by atoms with E-state index in [1.165, 1.54) is 22.5 Å². The van der Waals surface area contributed by atoms with Crippen molar-refractivity contribution in [1.29, 1.82) is 0 Å². The minimum absolute atomic E-state index is 0. The quantitative estimate of drug-likeness (QED) is 0.883. The summed E-state index contributed by atoms with van der Waals surface area (Å²) in [7, 11) is 0. The highest BCUT2D eigenvalue weighted by molar-refractivity contribution is 8.14. The topological polar surface area (TPSA) is 65.8 Å². The van der Waals surface area contributed by atoms with Gasteiger partial charge in [-0.2, -0.15) is 4.99 Å². The van der Waals surface area contributed by atoms with Gasteiger partial charge in [0.1, 0.15) is 0 Å². The molecule has 0 unspecified atom stereocenters. The number of aliphatic carboxylic acids is 1. The van der Waals surface area contributed by atoms with E-state index in [1.807, 2.05) is 0 Å². The lowest BCUT2D eigenvalue weighted by Gasteiger charge is -2.32. The van der Waals surface area contributed by atoms with Gasteiger partial charge in [-0.25, -0.2) is 4.98 Å². The molecule has 2 aliphatic rings. The molecule has 24 heavy (non-hydrogen) atoms. The third-order valence-corrected chi connectivity index (χ3v) is 5.99. The van der Waals surface area contributed by atoms with Crippen LogP contribution in [0.5, 0.6) is 0 Å². The number of fused-ring (bicyclic) bond motifs is 2. The van der Waals surface area contributed by atoms with E-state index in [9.17, 15) is 4.79 Å². The number of carbonyl (C=O) groups is 1. The lowest BCUT2D eigenvalue weighted by atomic mass is 9.95. The third-order valence-electron chi connectivity index (χ3n) is 4.07. The van der Waals surface area contributed by atoms with E-state index in [0.717, 1.165) is 23.9 Å². The summed E-state index contributed by atoms with van der Waals surface area (Å²) < 4.78 is 0. The van der Waals surface area contributed by atoms with E-state index in [0.29, 0.717) is 16.9 Å². The molecule has 3 heterocycles. The first-order valence-corrected chi connectivity index (χ1v) is 9.26. The van der Waals surface area contributed by atoms with Gasteiger partial charge in [-0.05, 0) is 17.5 Å². The van der Waals surface area contributed by atoms with Crippen LogP contribution in [-0.4, -0.2) is 37.9 Å². The summed E-state index contributed by atoms with van der Waals surface area (Å²) in [5.41, 5.74) is 3.38. The molecule has 0 spiro atoms. The molecule has 1 atom stereocenters. The molecule has 2 aromatic rings. The highest BCUT2D eigenvalue weighted by Crippen LogP contribution is 2.35. The van der Waals surface area contributed by atoms with Crippen molar-refractivity contribution in [3.63, 3.8) is 0 Å². The molecule has 0 radical (unpaired) electrons. The maximum absolute atomic E-state index is 10.7. The standard InChI is InChI=1S/C16H15N3O2S2.ClH/c20-14(21)6-12-8-22-15(17-12)18-16-19-7-11-4-2-1-3-10(11)5-13(19)9-23-16;/h1-4,8,13H,5-7,9H2,(H,20,21);1H/b18-16-;/t13-;/m0./s1. The summed E-state index contributed by atoms with van der Waals surface area (Å²) in [5.74, 6) is 0.179. The minimum atomic E-state index is -0.863. The molecule has 126 valence electrons. The fourth-order valence-corrected chi connectivity index (χ4v) is 4.89. The number of amidine groups is 1. The van der Waals surface area contributed by atoms with Gasteiger partial charge >= 0.3 is 5.97 Å².